The van der Waals surface area contributed by atoms with E-state index in [1.807, 2.05) is 12.1 Å². The highest BCUT2D eigenvalue weighted by atomic mass is 127. The first-order valence-corrected chi connectivity index (χ1v) is 9.62. The van der Waals surface area contributed by atoms with Crippen LogP contribution in [0.4, 0.5) is 0 Å². The van der Waals surface area contributed by atoms with Crippen LogP contribution >= 0.6 is 24.0 Å². The Morgan fingerprint density at radius 3 is 2.54 bits per heavy atom. The zero-order valence-corrected chi connectivity index (χ0v) is 20.0. The first-order valence-electron chi connectivity index (χ1n) is 9.62. The highest BCUT2D eigenvalue weighted by Gasteiger charge is 2.26. The lowest BCUT2D eigenvalue weighted by atomic mass is 9.87. The number of rotatable bonds is 5. The molecule has 2 rings (SSSR count). The zero-order chi connectivity index (χ0) is 19.9. The quantitative estimate of drug-likeness (QED) is 0.219. The van der Waals surface area contributed by atoms with E-state index in [0.717, 1.165) is 37.6 Å². The molecule has 0 radical (unpaired) electrons. The predicted molar refractivity (Wildman–Crippen MR) is 124 cm³/mol. The molecule has 1 aromatic carbocycles. The Bertz CT molecular complexity index is 651. The van der Waals surface area contributed by atoms with Crippen LogP contribution in [0.25, 0.3) is 0 Å². The average molecular weight is 503 g/mol. The summed E-state index contributed by atoms with van der Waals surface area (Å²) in [5.74, 6) is 1.63. The minimum absolute atomic E-state index is 0. The second-order valence-electron chi connectivity index (χ2n) is 7.88. The lowest BCUT2D eigenvalue weighted by molar-refractivity contribution is -0.146. The molecule has 0 spiro atoms. The third-order valence-corrected chi connectivity index (χ3v) is 4.89. The topological polar surface area (TPSA) is 63.2 Å². The van der Waals surface area contributed by atoms with E-state index >= 15 is 0 Å². The van der Waals surface area contributed by atoms with E-state index in [2.05, 4.69) is 48.1 Å². The Labute approximate surface area is 186 Å². The number of nitrogens with one attached hydrogen (secondary N) is 1. The number of ether oxygens (including phenoxy) is 2. The lowest BCUT2D eigenvalue weighted by Crippen LogP contribution is -2.47. The molecule has 1 heterocycles. The maximum absolute atomic E-state index is 11.6. The van der Waals surface area contributed by atoms with Crippen molar-refractivity contribution in [2.24, 2.45) is 10.9 Å². The van der Waals surface area contributed by atoms with E-state index in [9.17, 15) is 4.79 Å². The molecule has 0 atom stereocenters. The number of carbonyl (C=O) groups is 1. The van der Waals surface area contributed by atoms with Gasteiger partial charge in [0.15, 0.2) is 5.96 Å². The van der Waals surface area contributed by atoms with Crippen LogP contribution in [0.1, 0.15) is 39.2 Å². The summed E-state index contributed by atoms with van der Waals surface area (Å²) in [6.45, 7) is 9.42. The van der Waals surface area contributed by atoms with Gasteiger partial charge in [0.25, 0.3) is 0 Å². The fraction of sp³-hybridized carbons (Fsp3) is 0.619. The maximum atomic E-state index is 11.6. The number of guanidine groups is 1. The van der Waals surface area contributed by atoms with Crippen LogP contribution in [-0.2, 0) is 14.9 Å². The normalized spacial score (nSPS) is 15.6. The Hall–Kier alpha value is -1.51. The molecule has 1 N–H and O–H groups in total. The molecule has 1 aliphatic rings. The van der Waals surface area contributed by atoms with Crippen molar-refractivity contribution in [2.75, 3.05) is 40.4 Å². The number of hydrogen-bond donors (Lipinski definition) is 1. The number of piperidine rings is 1. The molecule has 1 aromatic rings. The van der Waals surface area contributed by atoms with E-state index in [0.29, 0.717) is 13.2 Å². The number of benzene rings is 1. The van der Waals surface area contributed by atoms with Crippen molar-refractivity contribution in [3.63, 3.8) is 0 Å². The van der Waals surface area contributed by atoms with E-state index < -0.39 is 0 Å². The van der Waals surface area contributed by atoms with Gasteiger partial charge >= 0.3 is 5.97 Å². The van der Waals surface area contributed by atoms with Crippen LogP contribution < -0.4 is 10.1 Å². The SMILES string of the molecule is CN=C(NCCOc1cccc(C(C)(C)C)c1)N1CCC(C(=O)OC)CC1.I. The largest absolute Gasteiger partial charge is 0.492 e. The van der Waals surface area contributed by atoms with Crippen LogP contribution in [0.15, 0.2) is 29.3 Å². The first-order chi connectivity index (χ1) is 12.8. The summed E-state index contributed by atoms with van der Waals surface area (Å²) >= 11 is 0. The molecule has 28 heavy (non-hydrogen) atoms. The smallest absolute Gasteiger partial charge is 0.308 e. The van der Waals surface area contributed by atoms with Crippen molar-refractivity contribution < 1.29 is 14.3 Å². The molecular formula is C21H34IN3O3. The number of carbonyl (C=O) groups excluding carboxylic acids is 1. The molecule has 158 valence electrons. The van der Waals surface area contributed by atoms with Gasteiger partial charge in [0.1, 0.15) is 12.4 Å². The van der Waals surface area contributed by atoms with Crippen LogP contribution in [0.3, 0.4) is 0 Å². The van der Waals surface area contributed by atoms with Gasteiger partial charge < -0.3 is 19.7 Å². The molecule has 1 fully saturated rings. The summed E-state index contributed by atoms with van der Waals surface area (Å²) < 4.78 is 10.7. The van der Waals surface area contributed by atoms with Crippen molar-refractivity contribution in [3.05, 3.63) is 29.8 Å². The van der Waals surface area contributed by atoms with Crippen molar-refractivity contribution in [3.8, 4) is 5.75 Å². The Kier molecular flexibility index (Phi) is 10.1. The molecule has 0 aliphatic carbocycles. The number of halogens is 1. The van der Waals surface area contributed by atoms with Gasteiger partial charge in [-0.1, -0.05) is 32.9 Å². The third kappa shape index (κ3) is 7.14. The van der Waals surface area contributed by atoms with Gasteiger partial charge in [-0.25, -0.2) is 0 Å². The fourth-order valence-electron chi connectivity index (χ4n) is 3.21. The summed E-state index contributed by atoms with van der Waals surface area (Å²) in [6, 6.07) is 8.26. The molecule has 1 saturated heterocycles. The van der Waals surface area contributed by atoms with Gasteiger partial charge in [0.05, 0.1) is 19.6 Å². The van der Waals surface area contributed by atoms with Gasteiger partial charge in [0.2, 0.25) is 0 Å². The summed E-state index contributed by atoms with van der Waals surface area (Å²) in [7, 11) is 3.23. The lowest BCUT2D eigenvalue weighted by Gasteiger charge is -2.33. The Balaban J connectivity index is 0.00000392. The van der Waals surface area contributed by atoms with E-state index in [-0.39, 0.29) is 41.3 Å². The highest BCUT2D eigenvalue weighted by Crippen LogP contribution is 2.25. The number of nitrogens with zero attached hydrogens (tertiary/aromatic N) is 2. The second kappa shape index (κ2) is 11.5. The molecule has 7 heteroatoms. The van der Waals surface area contributed by atoms with Gasteiger partial charge in [-0.3, -0.25) is 9.79 Å². The molecular weight excluding hydrogens is 469 g/mol. The third-order valence-electron chi connectivity index (χ3n) is 4.89. The average Bonchev–Trinajstić information content (AvgIpc) is 2.67. The molecule has 0 amide bonds. The maximum Gasteiger partial charge on any atom is 0.308 e. The minimum Gasteiger partial charge on any atom is -0.492 e. The molecule has 6 nitrogen and oxygen atoms in total. The van der Waals surface area contributed by atoms with Crippen LogP contribution in [0, 0.1) is 5.92 Å². The summed E-state index contributed by atoms with van der Waals surface area (Å²) in [5, 5.41) is 3.35. The van der Waals surface area contributed by atoms with Crippen LogP contribution in [-0.4, -0.2) is 57.2 Å². The van der Waals surface area contributed by atoms with Gasteiger partial charge in [-0.15, -0.1) is 24.0 Å². The summed E-state index contributed by atoms with van der Waals surface area (Å²) in [4.78, 5) is 18.2. The number of methoxy groups -OCH3 is 1. The number of aliphatic imine (C=N–C) groups is 1. The summed E-state index contributed by atoms with van der Waals surface area (Å²) in [5.41, 5.74) is 1.37. The van der Waals surface area contributed by atoms with Gasteiger partial charge in [-0.05, 0) is 36.0 Å². The van der Waals surface area contributed by atoms with E-state index in [1.54, 1.807) is 7.05 Å². The van der Waals surface area contributed by atoms with E-state index in [1.165, 1.54) is 12.7 Å². The van der Waals surface area contributed by atoms with Crippen molar-refractivity contribution >= 4 is 35.9 Å². The molecule has 1 aliphatic heterocycles. The van der Waals surface area contributed by atoms with E-state index in [4.69, 9.17) is 9.47 Å². The monoisotopic (exact) mass is 503 g/mol. The first kappa shape index (κ1) is 24.5. The molecule has 0 unspecified atom stereocenters. The zero-order valence-electron chi connectivity index (χ0n) is 17.7. The van der Waals surface area contributed by atoms with Crippen molar-refractivity contribution in [1.29, 1.82) is 0 Å². The minimum atomic E-state index is -0.108. The summed E-state index contributed by atoms with van der Waals surface area (Å²) in [6.07, 6.45) is 1.59. The second-order valence-corrected chi connectivity index (χ2v) is 7.88. The van der Waals surface area contributed by atoms with Crippen molar-refractivity contribution in [1.82, 2.24) is 10.2 Å². The van der Waals surface area contributed by atoms with Crippen LogP contribution in [0.2, 0.25) is 0 Å². The van der Waals surface area contributed by atoms with Crippen LogP contribution in [0.5, 0.6) is 5.75 Å². The van der Waals surface area contributed by atoms with Crippen molar-refractivity contribution in [2.45, 2.75) is 39.0 Å². The molecule has 0 aromatic heterocycles. The molecule has 0 saturated carbocycles. The Morgan fingerprint density at radius 1 is 1.29 bits per heavy atom. The molecule has 0 bridgehead atoms. The number of likely N-dealkylation sites (tertiary alicyclic amines) is 1. The Morgan fingerprint density at radius 2 is 1.96 bits per heavy atom. The number of hydrogen-bond acceptors (Lipinski definition) is 4. The van der Waals surface area contributed by atoms with Gasteiger partial charge in [0, 0.05) is 20.1 Å². The predicted octanol–water partition coefficient (Wildman–Crippen LogP) is 3.44. The highest BCUT2D eigenvalue weighted by molar-refractivity contribution is 14.0. The standard InChI is InChI=1S/C21H33N3O3.HI/c1-21(2,3)17-7-6-8-18(15-17)27-14-11-23-20(22-4)24-12-9-16(10-13-24)19(25)26-5;/h6-8,15-16H,9-14H2,1-5H3,(H,22,23);1H. The number of esters is 1. The fourth-order valence-corrected chi connectivity index (χ4v) is 3.21. The van der Waals surface area contributed by atoms with Gasteiger partial charge in [-0.2, -0.15) is 0 Å².